The zero-order chi connectivity index (χ0) is 21.6. The Morgan fingerprint density at radius 1 is 0.966 bits per heavy atom. The second-order valence-electron chi connectivity index (χ2n) is 5.62. The van der Waals surface area contributed by atoms with Crippen molar-refractivity contribution in [2.75, 3.05) is 12.4 Å². The van der Waals surface area contributed by atoms with E-state index in [1.807, 2.05) is 0 Å². The van der Waals surface area contributed by atoms with Crippen LogP contribution >= 0.6 is 58.6 Å². The smallest absolute Gasteiger partial charge is 0.337 e. The molecular formula is C18H15Cl4N3O3S. The van der Waals surface area contributed by atoms with E-state index in [-0.39, 0.29) is 5.11 Å². The number of halogens is 4. The summed E-state index contributed by atoms with van der Waals surface area (Å²) in [6.07, 6.45) is -1.13. The summed E-state index contributed by atoms with van der Waals surface area (Å²) >= 11 is 28.9. The second kappa shape index (κ2) is 10.3. The molecule has 0 saturated heterocycles. The first-order valence-corrected chi connectivity index (χ1v) is 9.91. The summed E-state index contributed by atoms with van der Waals surface area (Å²) in [6.45, 7) is 0. The first-order chi connectivity index (χ1) is 13.6. The van der Waals surface area contributed by atoms with Crippen LogP contribution in [-0.2, 0) is 4.74 Å². The fourth-order valence-electron chi connectivity index (χ4n) is 2.12. The van der Waals surface area contributed by atoms with Crippen LogP contribution in [0.1, 0.15) is 20.7 Å². The molecule has 0 bridgehead atoms. The largest absolute Gasteiger partial charge is 0.465 e. The normalized spacial score (nSPS) is 11.9. The number of hydrogen-bond acceptors (Lipinski definition) is 4. The molecule has 0 aliphatic heterocycles. The van der Waals surface area contributed by atoms with Crippen molar-refractivity contribution in [1.82, 2.24) is 10.6 Å². The maximum Gasteiger partial charge on any atom is 0.337 e. The Labute approximate surface area is 192 Å². The molecule has 2 aromatic rings. The summed E-state index contributed by atoms with van der Waals surface area (Å²) in [5.41, 5.74) is 1.28. The van der Waals surface area contributed by atoms with Crippen LogP contribution in [0.2, 0.25) is 5.02 Å². The van der Waals surface area contributed by atoms with Gasteiger partial charge in [0.15, 0.2) is 5.11 Å². The van der Waals surface area contributed by atoms with Gasteiger partial charge in [-0.1, -0.05) is 46.4 Å². The molecule has 0 heterocycles. The highest BCUT2D eigenvalue weighted by Gasteiger charge is 2.34. The lowest BCUT2D eigenvalue weighted by Crippen LogP contribution is -2.56. The number of carbonyl (C=O) groups is 2. The number of hydrogen-bond donors (Lipinski definition) is 3. The van der Waals surface area contributed by atoms with Gasteiger partial charge in [0.25, 0.3) is 5.91 Å². The van der Waals surface area contributed by atoms with Crippen LogP contribution < -0.4 is 16.0 Å². The number of amides is 1. The second-order valence-corrected chi connectivity index (χ2v) is 8.84. The molecule has 3 N–H and O–H groups in total. The Balaban J connectivity index is 2.04. The number of benzene rings is 2. The number of alkyl halides is 3. The SMILES string of the molecule is COC(=O)c1ccc(NC(=S)NC(NC(=O)c2ccc(Cl)cc2)C(Cl)(Cl)Cl)cc1. The summed E-state index contributed by atoms with van der Waals surface area (Å²) in [6, 6.07) is 12.6. The minimum Gasteiger partial charge on any atom is -0.465 e. The zero-order valence-corrected chi connectivity index (χ0v) is 18.7. The van der Waals surface area contributed by atoms with Crippen molar-refractivity contribution in [2.24, 2.45) is 0 Å². The highest BCUT2D eigenvalue weighted by Crippen LogP contribution is 2.29. The van der Waals surface area contributed by atoms with Gasteiger partial charge in [0, 0.05) is 16.3 Å². The van der Waals surface area contributed by atoms with Gasteiger partial charge in [-0.25, -0.2) is 4.79 Å². The third-order valence-electron chi connectivity index (χ3n) is 3.55. The zero-order valence-electron chi connectivity index (χ0n) is 14.8. The molecule has 0 spiro atoms. The first kappa shape index (κ1) is 23.5. The number of ether oxygens (including phenoxy) is 1. The summed E-state index contributed by atoms with van der Waals surface area (Å²) in [5.74, 6) is -0.950. The lowest BCUT2D eigenvalue weighted by molar-refractivity contribution is 0.0600. The van der Waals surface area contributed by atoms with Gasteiger partial charge in [-0.2, -0.15) is 0 Å². The Morgan fingerprint density at radius 3 is 2.03 bits per heavy atom. The quantitative estimate of drug-likeness (QED) is 0.245. The number of methoxy groups -OCH3 is 1. The first-order valence-electron chi connectivity index (χ1n) is 7.99. The molecule has 0 radical (unpaired) electrons. The molecule has 1 unspecified atom stereocenters. The average Bonchev–Trinajstić information content (AvgIpc) is 2.67. The summed E-state index contributed by atoms with van der Waals surface area (Å²) in [4.78, 5) is 23.9. The lowest BCUT2D eigenvalue weighted by Gasteiger charge is -2.27. The molecule has 2 rings (SSSR count). The van der Waals surface area contributed by atoms with Crippen LogP contribution in [0, 0.1) is 0 Å². The maximum absolute atomic E-state index is 12.4. The summed E-state index contributed by atoms with van der Waals surface area (Å²) in [7, 11) is 1.29. The van der Waals surface area contributed by atoms with E-state index in [0.29, 0.717) is 21.8 Å². The Kier molecular flexibility index (Phi) is 8.36. The van der Waals surface area contributed by atoms with Crippen molar-refractivity contribution in [2.45, 2.75) is 9.96 Å². The number of anilines is 1. The minimum absolute atomic E-state index is 0.0866. The predicted octanol–water partition coefficient (Wildman–Crippen LogP) is 4.54. The van der Waals surface area contributed by atoms with Crippen LogP contribution in [0.5, 0.6) is 0 Å². The molecule has 0 saturated carbocycles. The molecule has 2 aromatic carbocycles. The van der Waals surface area contributed by atoms with Gasteiger partial charge in [-0.3, -0.25) is 4.79 Å². The predicted molar refractivity (Wildman–Crippen MR) is 120 cm³/mol. The molecule has 0 aliphatic carbocycles. The van der Waals surface area contributed by atoms with Crippen molar-refractivity contribution in [3.63, 3.8) is 0 Å². The number of esters is 1. The van der Waals surface area contributed by atoms with E-state index in [9.17, 15) is 9.59 Å². The number of thiocarbonyl (C=S) groups is 1. The van der Waals surface area contributed by atoms with Crippen LogP contribution in [0.25, 0.3) is 0 Å². The highest BCUT2D eigenvalue weighted by molar-refractivity contribution is 7.80. The topological polar surface area (TPSA) is 79.5 Å². The molecule has 0 aliphatic rings. The number of rotatable bonds is 5. The average molecular weight is 495 g/mol. The van der Waals surface area contributed by atoms with Gasteiger partial charge in [0.1, 0.15) is 6.17 Å². The molecule has 154 valence electrons. The summed E-state index contributed by atoms with van der Waals surface area (Å²) < 4.78 is 2.74. The van der Waals surface area contributed by atoms with Crippen molar-refractivity contribution in [1.29, 1.82) is 0 Å². The van der Waals surface area contributed by atoms with Crippen molar-refractivity contribution >= 4 is 81.3 Å². The number of carbonyl (C=O) groups excluding carboxylic acids is 2. The van der Waals surface area contributed by atoms with Gasteiger partial charge in [-0.15, -0.1) is 0 Å². The van der Waals surface area contributed by atoms with E-state index in [4.69, 9.17) is 58.6 Å². The van der Waals surface area contributed by atoms with Crippen molar-refractivity contribution in [3.05, 3.63) is 64.7 Å². The molecule has 0 aromatic heterocycles. The Hall–Kier alpha value is -1.77. The molecule has 1 atom stereocenters. The molecule has 6 nitrogen and oxygen atoms in total. The molecule has 29 heavy (non-hydrogen) atoms. The molecule has 0 fully saturated rings. The highest BCUT2D eigenvalue weighted by atomic mass is 35.6. The molecule has 11 heteroatoms. The van der Waals surface area contributed by atoms with E-state index in [1.165, 1.54) is 19.2 Å². The third-order valence-corrected chi connectivity index (χ3v) is 4.68. The van der Waals surface area contributed by atoms with Crippen LogP contribution in [-0.4, -0.2) is 34.1 Å². The van der Waals surface area contributed by atoms with Gasteiger partial charge in [0.05, 0.1) is 12.7 Å². The Morgan fingerprint density at radius 2 is 1.52 bits per heavy atom. The minimum atomic E-state index is -1.90. The molecule has 1 amide bonds. The van der Waals surface area contributed by atoms with Gasteiger partial charge >= 0.3 is 5.97 Å². The third kappa shape index (κ3) is 7.21. The fourth-order valence-corrected chi connectivity index (χ4v) is 2.81. The molecular weight excluding hydrogens is 480 g/mol. The van der Waals surface area contributed by atoms with Crippen LogP contribution in [0.3, 0.4) is 0 Å². The van der Waals surface area contributed by atoms with Gasteiger partial charge < -0.3 is 20.7 Å². The maximum atomic E-state index is 12.4. The van der Waals surface area contributed by atoms with E-state index in [1.54, 1.807) is 36.4 Å². The fraction of sp³-hybridized carbons (Fsp3) is 0.167. The van der Waals surface area contributed by atoms with Gasteiger partial charge in [0.2, 0.25) is 3.79 Å². The monoisotopic (exact) mass is 493 g/mol. The van der Waals surface area contributed by atoms with Crippen LogP contribution in [0.15, 0.2) is 48.5 Å². The van der Waals surface area contributed by atoms with E-state index < -0.39 is 21.8 Å². The lowest BCUT2D eigenvalue weighted by atomic mass is 10.2. The van der Waals surface area contributed by atoms with Gasteiger partial charge in [-0.05, 0) is 60.7 Å². The summed E-state index contributed by atoms with van der Waals surface area (Å²) in [5, 5.41) is 8.75. The van der Waals surface area contributed by atoms with E-state index in [2.05, 4.69) is 20.7 Å². The Bertz CT molecular complexity index is 887. The van der Waals surface area contributed by atoms with E-state index in [0.717, 1.165) is 0 Å². The van der Waals surface area contributed by atoms with Crippen molar-refractivity contribution < 1.29 is 14.3 Å². The standard InChI is InChI=1S/C18H15Cl4N3O3S/c1-28-15(27)11-4-8-13(9-5-11)23-17(29)25-16(18(20,21)22)24-14(26)10-2-6-12(19)7-3-10/h2-9,16H,1H3,(H,24,26)(H2,23,25,29). The van der Waals surface area contributed by atoms with E-state index >= 15 is 0 Å². The number of nitrogens with one attached hydrogen (secondary N) is 3. The van der Waals surface area contributed by atoms with Crippen molar-refractivity contribution in [3.8, 4) is 0 Å². The van der Waals surface area contributed by atoms with Crippen LogP contribution in [0.4, 0.5) is 5.69 Å².